The SMILES string of the molecule is CCCN1CCCCC1C(=O)Nc1ccc2nc(C)sc2c1. The van der Waals surface area contributed by atoms with E-state index in [2.05, 4.69) is 22.1 Å². The topological polar surface area (TPSA) is 45.2 Å². The van der Waals surface area contributed by atoms with Gasteiger partial charge in [0.25, 0.3) is 0 Å². The Balaban J connectivity index is 1.73. The summed E-state index contributed by atoms with van der Waals surface area (Å²) >= 11 is 1.66. The van der Waals surface area contributed by atoms with E-state index in [1.807, 2.05) is 25.1 Å². The zero-order valence-corrected chi connectivity index (χ0v) is 14.1. The van der Waals surface area contributed by atoms with E-state index in [0.717, 1.165) is 53.3 Å². The minimum atomic E-state index is 0.0209. The maximum atomic E-state index is 12.6. The van der Waals surface area contributed by atoms with Crippen LogP contribution in [0.4, 0.5) is 5.69 Å². The Bertz CT molecular complexity index is 665. The molecule has 4 nitrogen and oxygen atoms in total. The van der Waals surface area contributed by atoms with Gasteiger partial charge >= 0.3 is 0 Å². The Morgan fingerprint density at radius 2 is 2.32 bits per heavy atom. The fourth-order valence-corrected chi connectivity index (χ4v) is 4.05. The van der Waals surface area contributed by atoms with Crippen LogP contribution in [-0.2, 0) is 4.79 Å². The number of nitrogens with one attached hydrogen (secondary N) is 1. The van der Waals surface area contributed by atoms with E-state index in [9.17, 15) is 4.79 Å². The molecule has 1 saturated heterocycles. The molecule has 118 valence electrons. The zero-order valence-electron chi connectivity index (χ0n) is 13.3. The molecule has 5 heteroatoms. The third-order valence-corrected chi connectivity index (χ3v) is 5.12. The molecule has 22 heavy (non-hydrogen) atoms. The van der Waals surface area contributed by atoms with Crippen LogP contribution in [0.3, 0.4) is 0 Å². The number of carbonyl (C=O) groups excluding carboxylic acids is 1. The lowest BCUT2D eigenvalue weighted by Crippen LogP contribution is -2.47. The van der Waals surface area contributed by atoms with Crippen molar-refractivity contribution in [2.75, 3.05) is 18.4 Å². The summed E-state index contributed by atoms with van der Waals surface area (Å²) in [5.41, 5.74) is 1.88. The number of likely N-dealkylation sites (tertiary alicyclic amines) is 1. The van der Waals surface area contributed by atoms with E-state index in [-0.39, 0.29) is 11.9 Å². The molecule has 0 bridgehead atoms. The van der Waals surface area contributed by atoms with Gasteiger partial charge in [-0.05, 0) is 57.5 Å². The third kappa shape index (κ3) is 3.31. The standard InChI is InChI=1S/C17H23N3OS/c1-3-9-20-10-5-4-6-15(20)17(21)19-13-7-8-14-16(11-13)22-12(2)18-14/h7-8,11,15H,3-6,9-10H2,1-2H3,(H,19,21). The van der Waals surface area contributed by atoms with Crippen LogP contribution >= 0.6 is 11.3 Å². The number of thiazole rings is 1. The number of hydrogen-bond donors (Lipinski definition) is 1. The van der Waals surface area contributed by atoms with Gasteiger partial charge in [0.2, 0.25) is 5.91 Å². The first kappa shape index (κ1) is 15.4. The van der Waals surface area contributed by atoms with E-state index in [0.29, 0.717) is 0 Å². The Labute approximate surface area is 135 Å². The molecule has 1 unspecified atom stereocenters. The van der Waals surface area contributed by atoms with Crippen LogP contribution in [0.2, 0.25) is 0 Å². The normalized spacial score (nSPS) is 19.5. The number of aryl methyl sites for hydroxylation is 1. The molecule has 1 aliphatic rings. The molecule has 2 aromatic rings. The lowest BCUT2D eigenvalue weighted by molar-refractivity contribution is -0.122. The van der Waals surface area contributed by atoms with Crippen LogP contribution < -0.4 is 5.32 Å². The van der Waals surface area contributed by atoms with Crippen molar-refractivity contribution in [3.8, 4) is 0 Å². The molecular weight excluding hydrogens is 294 g/mol. The van der Waals surface area contributed by atoms with Crippen molar-refractivity contribution < 1.29 is 4.79 Å². The van der Waals surface area contributed by atoms with Crippen LogP contribution in [0, 0.1) is 6.92 Å². The van der Waals surface area contributed by atoms with E-state index in [4.69, 9.17) is 0 Å². The quantitative estimate of drug-likeness (QED) is 0.932. The lowest BCUT2D eigenvalue weighted by Gasteiger charge is -2.34. The number of piperidine rings is 1. The summed E-state index contributed by atoms with van der Waals surface area (Å²) in [5.74, 6) is 0.133. The maximum absolute atomic E-state index is 12.6. The maximum Gasteiger partial charge on any atom is 0.241 e. The zero-order chi connectivity index (χ0) is 15.5. The molecule has 1 amide bonds. The number of fused-ring (bicyclic) bond motifs is 1. The molecule has 1 aromatic heterocycles. The second kappa shape index (κ2) is 6.75. The Kier molecular flexibility index (Phi) is 4.74. The van der Waals surface area contributed by atoms with Crippen molar-refractivity contribution in [2.45, 2.75) is 45.6 Å². The van der Waals surface area contributed by atoms with Gasteiger partial charge in [-0.2, -0.15) is 0 Å². The number of benzene rings is 1. The van der Waals surface area contributed by atoms with Crippen LogP contribution in [0.5, 0.6) is 0 Å². The van der Waals surface area contributed by atoms with Crippen molar-refractivity contribution >= 4 is 33.1 Å². The first-order valence-corrected chi connectivity index (χ1v) is 8.91. The van der Waals surface area contributed by atoms with Crippen molar-refractivity contribution in [1.29, 1.82) is 0 Å². The number of rotatable bonds is 4. The summed E-state index contributed by atoms with van der Waals surface area (Å²) in [4.78, 5) is 19.4. The highest BCUT2D eigenvalue weighted by Crippen LogP contribution is 2.25. The summed E-state index contributed by atoms with van der Waals surface area (Å²) < 4.78 is 1.13. The van der Waals surface area contributed by atoms with Gasteiger partial charge in [-0.3, -0.25) is 9.69 Å². The molecule has 0 radical (unpaired) electrons. The molecular formula is C17H23N3OS. The Hall–Kier alpha value is -1.46. The first-order chi connectivity index (χ1) is 10.7. The molecule has 1 fully saturated rings. The summed E-state index contributed by atoms with van der Waals surface area (Å²) in [6.07, 6.45) is 4.41. The summed E-state index contributed by atoms with van der Waals surface area (Å²) in [5, 5.41) is 4.16. The van der Waals surface area contributed by atoms with Gasteiger partial charge in [0.1, 0.15) is 0 Å². The van der Waals surface area contributed by atoms with Gasteiger partial charge in [0.05, 0.1) is 21.3 Å². The van der Waals surface area contributed by atoms with Gasteiger partial charge in [0, 0.05) is 5.69 Å². The number of carbonyl (C=O) groups is 1. The second-order valence-corrected chi connectivity index (χ2v) is 7.19. The number of aromatic nitrogens is 1. The molecule has 1 aromatic carbocycles. The van der Waals surface area contributed by atoms with Gasteiger partial charge < -0.3 is 5.32 Å². The lowest BCUT2D eigenvalue weighted by atomic mass is 10.0. The highest BCUT2D eigenvalue weighted by molar-refractivity contribution is 7.18. The van der Waals surface area contributed by atoms with Crippen molar-refractivity contribution in [2.24, 2.45) is 0 Å². The van der Waals surface area contributed by atoms with Crippen LogP contribution in [0.15, 0.2) is 18.2 Å². The van der Waals surface area contributed by atoms with Gasteiger partial charge in [-0.15, -0.1) is 11.3 Å². The van der Waals surface area contributed by atoms with Crippen LogP contribution in [-0.4, -0.2) is 34.9 Å². The molecule has 1 N–H and O–H groups in total. The summed E-state index contributed by atoms with van der Waals surface area (Å²) in [7, 11) is 0. The highest BCUT2D eigenvalue weighted by atomic mass is 32.1. The molecule has 0 aliphatic carbocycles. The Morgan fingerprint density at radius 3 is 3.14 bits per heavy atom. The fraction of sp³-hybridized carbons (Fsp3) is 0.529. The minimum absolute atomic E-state index is 0.0209. The molecule has 0 saturated carbocycles. The number of anilines is 1. The number of nitrogens with zero attached hydrogens (tertiary/aromatic N) is 2. The smallest absolute Gasteiger partial charge is 0.241 e. The van der Waals surface area contributed by atoms with E-state index in [1.165, 1.54) is 6.42 Å². The van der Waals surface area contributed by atoms with Gasteiger partial charge in [-0.1, -0.05) is 13.3 Å². The van der Waals surface area contributed by atoms with E-state index >= 15 is 0 Å². The Morgan fingerprint density at radius 1 is 1.45 bits per heavy atom. The monoisotopic (exact) mass is 317 g/mol. The number of amides is 1. The largest absolute Gasteiger partial charge is 0.325 e. The predicted octanol–water partition coefficient (Wildman–Crippen LogP) is 3.81. The molecule has 0 spiro atoms. The molecule has 2 heterocycles. The first-order valence-electron chi connectivity index (χ1n) is 8.09. The third-order valence-electron chi connectivity index (χ3n) is 4.19. The van der Waals surface area contributed by atoms with E-state index in [1.54, 1.807) is 11.3 Å². The average Bonchev–Trinajstić information content (AvgIpc) is 2.87. The number of hydrogen-bond acceptors (Lipinski definition) is 4. The summed E-state index contributed by atoms with van der Waals surface area (Å²) in [6.45, 7) is 6.22. The van der Waals surface area contributed by atoms with Crippen molar-refractivity contribution in [3.63, 3.8) is 0 Å². The van der Waals surface area contributed by atoms with Gasteiger partial charge in [-0.25, -0.2) is 4.98 Å². The van der Waals surface area contributed by atoms with Gasteiger partial charge in [0.15, 0.2) is 0 Å². The molecule has 3 rings (SSSR count). The minimum Gasteiger partial charge on any atom is -0.325 e. The van der Waals surface area contributed by atoms with E-state index < -0.39 is 0 Å². The van der Waals surface area contributed by atoms with Crippen molar-refractivity contribution in [1.82, 2.24) is 9.88 Å². The fourth-order valence-electron chi connectivity index (χ4n) is 3.19. The van der Waals surface area contributed by atoms with Crippen LogP contribution in [0.1, 0.15) is 37.6 Å². The molecule has 1 aliphatic heterocycles. The van der Waals surface area contributed by atoms with Crippen LogP contribution in [0.25, 0.3) is 10.2 Å². The second-order valence-electron chi connectivity index (χ2n) is 5.95. The highest BCUT2D eigenvalue weighted by Gasteiger charge is 2.27. The predicted molar refractivity (Wildman–Crippen MR) is 92.5 cm³/mol. The average molecular weight is 317 g/mol. The van der Waals surface area contributed by atoms with Crippen molar-refractivity contribution in [3.05, 3.63) is 23.2 Å². The molecule has 1 atom stereocenters. The summed E-state index contributed by atoms with van der Waals surface area (Å²) in [6, 6.07) is 5.99.